The van der Waals surface area contributed by atoms with Crippen LogP contribution in [0.25, 0.3) is 0 Å². The molecule has 0 saturated carbocycles. The number of carbonyl (C=O) groups is 2. The van der Waals surface area contributed by atoms with E-state index in [0.29, 0.717) is 28.5 Å². The molecule has 2 aromatic rings. The molecule has 30 heavy (non-hydrogen) atoms. The molecule has 0 radical (unpaired) electrons. The Bertz CT molecular complexity index is 942. The Balaban J connectivity index is 2.08. The monoisotopic (exact) mass is 447 g/mol. The molecule has 0 aliphatic carbocycles. The van der Waals surface area contributed by atoms with Gasteiger partial charge in [-0.05, 0) is 36.2 Å². The van der Waals surface area contributed by atoms with Gasteiger partial charge in [-0.15, -0.1) is 19.1 Å². The van der Waals surface area contributed by atoms with Gasteiger partial charge in [-0.2, -0.15) is 0 Å². The van der Waals surface area contributed by atoms with Crippen molar-refractivity contribution in [2.75, 3.05) is 20.3 Å². The first kappa shape index (κ1) is 23.5. The Hall–Kier alpha value is -2.82. The van der Waals surface area contributed by atoms with Gasteiger partial charge in [0.25, 0.3) is 10.8 Å². The summed E-state index contributed by atoms with van der Waals surface area (Å²) in [5.41, 5.74) is 1.29. The van der Waals surface area contributed by atoms with Gasteiger partial charge in [0.2, 0.25) is 0 Å². The lowest BCUT2D eigenvalue weighted by atomic mass is 10.1. The highest BCUT2D eigenvalue weighted by atomic mass is 35.5. The summed E-state index contributed by atoms with van der Waals surface area (Å²) in [6.07, 6.45) is 5.71. The lowest BCUT2D eigenvalue weighted by molar-refractivity contribution is -0.157. The maximum absolute atomic E-state index is 12.8. The number of halogens is 1. The predicted molar refractivity (Wildman–Crippen MR) is 118 cm³/mol. The van der Waals surface area contributed by atoms with Gasteiger partial charge in [-0.3, -0.25) is 9.59 Å². The van der Waals surface area contributed by atoms with Crippen molar-refractivity contribution < 1.29 is 23.8 Å². The van der Waals surface area contributed by atoms with Crippen molar-refractivity contribution >= 4 is 36.1 Å². The van der Waals surface area contributed by atoms with Gasteiger partial charge in [0, 0.05) is 24.1 Å². The Morgan fingerprint density at radius 2 is 1.90 bits per heavy atom. The smallest absolute Gasteiger partial charge is 0.304 e. The first-order valence-electron chi connectivity index (χ1n) is 8.99. The van der Waals surface area contributed by atoms with E-state index in [1.165, 1.54) is 14.0 Å². The number of terminal acetylenes is 1. The van der Waals surface area contributed by atoms with E-state index in [1.54, 1.807) is 36.4 Å². The lowest BCUT2D eigenvalue weighted by Crippen LogP contribution is -2.44. The fourth-order valence-corrected chi connectivity index (χ4v) is 3.15. The van der Waals surface area contributed by atoms with Crippen LogP contribution in [0.5, 0.6) is 11.5 Å². The van der Waals surface area contributed by atoms with Crippen LogP contribution in [0.1, 0.15) is 18.1 Å². The Morgan fingerprint density at radius 3 is 2.50 bits per heavy atom. The quantitative estimate of drug-likeness (QED) is 0.267. The topological polar surface area (TPSA) is 73.9 Å². The summed E-state index contributed by atoms with van der Waals surface area (Å²) in [7, 11) is 1.53. The van der Waals surface area contributed by atoms with E-state index in [1.807, 2.05) is 6.07 Å². The molecule has 2 aromatic carbocycles. The molecular weight excluding hydrogens is 426 g/mol. The van der Waals surface area contributed by atoms with Crippen molar-refractivity contribution in [3.63, 3.8) is 0 Å². The molecule has 0 bridgehead atoms. The van der Waals surface area contributed by atoms with Gasteiger partial charge in [-0.1, -0.05) is 35.7 Å². The molecule has 0 aromatic heterocycles. The Kier molecular flexibility index (Phi) is 8.46. The fourth-order valence-electron chi connectivity index (χ4n) is 2.67. The largest absolute Gasteiger partial charge is 0.493 e. The van der Waals surface area contributed by atoms with Crippen molar-refractivity contribution in [2.24, 2.45) is 0 Å². The van der Waals surface area contributed by atoms with E-state index in [2.05, 4.69) is 23.9 Å². The summed E-state index contributed by atoms with van der Waals surface area (Å²) in [6, 6.07) is 11.7. The number of thiol groups is 1. The SMILES string of the molecule is C#CCOc1ccc(CCNC(=O)C(S)(OC(C)=O)c2ccc(Cl)cc2)cc1OC. The second kappa shape index (κ2) is 10.8. The molecule has 0 saturated heterocycles. The van der Waals surface area contributed by atoms with Crippen LogP contribution in [0, 0.1) is 12.3 Å². The van der Waals surface area contributed by atoms with E-state index in [9.17, 15) is 9.59 Å². The number of amides is 1. The van der Waals surface area contributed by atoms with Gasteiger partial charge in [0.05, 0.1) is 7.11 Å². The molecule has 1 atom stereocenters. The molecule has 1 amide bonds. The van der Waals surface area contributed by atoms with Crippen LogP contribution in [0.3, 0.4) is 0 Å². The number of nitrogens with one attached hydrogen (secondary N) is 1. The van der Waals surface area contributed by atoms with Crippen LogP contribution in [0.2, 0.25) is 5.02 Å². The molecule has 0 aliphatic heterocycles. The maximum Gasteiger partial charge on any atom is 0.304 e. The molecule has 0 spiro atoms. The summed E-state index contributed by atoms with van der Waals surface area (Å²) in [4.78, 5) is 22.6. The molecule has 6 nitrogen and oxygen atoms in total. The number of esters is 1. The van der Waals surface area contributed by atoms with E-state index >= 15 is 0 Å². The first-order chi connectivity index (χ1) is 14.3. The molecule has 8 heteroatoms. The first-order valence-corrected chi connectivity index (χ1v) is 9.82. The average Bonchev–Trinajstić information content (AvgIpc) is 2.72. The minimum atomic E-state index is -1.78. The van der Waals surface area contributed by atoms with Crippen LogP contribution in [-0.4, -0.2) is 32.1 Å². The van der Waals surface area contributed by atoms with E-state index < -0.39 is 16.8 Å². The molecule has 0 fully saturated rings. The third-order valence-corrected chi connectivity index (χ3v) is 4.88. The third-order valence-electron chi connectivity index (χ3n) is 4.07. The second-order valence-corrected chi connectivity index (χ2v) is 7.29. The van der Waals surface area contributed by atoms with Crippen LogP contribution >= 0.6 is 24.2 Å². The molecular formula is C22H22ClNO5S. The molecule has 0 heterocycles. The van der Waals surface area contributed by atoms with E-state index in [-0.39, 0.29) is 13.2 Å². The van der Waals surface area contributed by atoms with Gasteiger partial charge in [0.1, 0.15) is 6.61 Å². The standard InChI is InChI=1S/C22H22ClNO5S/c1-4-13-28-19-10-5-16(14-20(19)27-3)11-12-24-21(26)22(30,29-15(2)25)17-6-8-18(23)9-7-17/h1,5-10,14,30H,11-13H2,2-3H3,(H,24,26). The number of hydrogen-bond donors (Lipinski definition) is 2. The number of ether oxygens (including phenoxy) is 3. The van der Waals surface area contributed by atoms with Crippen molar-refractivity contribution in [3.05, 3.63) is 58.6 Å². The Morgan fingerprint density at radius 1 is 1.20 bits per heavy atom. The maximum atomic E-state index is 12.8. The number of hydrogen-bond acceptors (Lipinski definition) is 6. The highest BCUT2D eigenvalue weighted by molar-refractivity contribution is 7.82. The number of methoxy groups -OCH3 is 1. The normalized spacial score (nSPS) is 12.2. The molecule has 2 rings (SSSR count). The van der Waals surface area contributed by atoms with Crippen LogP contribution in [-0.2, 0) is 25.7 Å². The van der Waals surface area contributed by atoms with Crippen molar-refractivity contribution in [3.8, 4) is 23.8 Å². The van der Waals surface area contributed by atoms with Crippen molar-refractivity contribution in [1.82, 2.24) is 5.32 Å². The summed E-state index contributed by atoms with van der Waals surface area (Å²) in [5, 5.41) is 3.24. The predicted octanol–water partition coefficient (Wildman–Crippen LogP) is 3.37. The lowest BCUT2D eigenvalue weighted by Gasteiger charge is -2.27. The minimum absolute atomic E-state index is 0.136. The van der Waals surface area contributed by atoms with Gasteiger partial charge >= 0.3 is 5.97 Å². The number of carbonyl (C=O) groups excluding carboxylic acids is 2. The molecule has 1 N–H and O–H groups in total. The van der Waals surface area contributed by atoms with Crippen molar-refractivity contribution in [1.29, 1.82) is 0 Å². The summed E-state index contributed by atoms with van der Waals surface area (Å²) >= 11 is 10.3. The van der Waals surface area contributed by atoms with Gasteiger partial charge < -0.3 is 19.5 Å². The van der Waals surface area contributed by atoms with Crippen LogP contribution < -0.4 is 14.8 Å². The molecule has 158 valence electrons. The highest BCUT2D eigenvalue weighted by Gasteiger charge is 2.40. The van der Waals surface area contributed by atoms with Crippen molar-refractivity contribution in [2.45, 2.75) is 18.3 Å². The van der Waals surface area contributed by atoms with E-state index in [0.717, 1.165) is 5.56 Å². The number of benzene rings is 2. The number of rotatable bonds is 9. The molecule has 0 aliphatic rings. The average molecular weight is 448 g/mol. The zero-order valence-corrected chi connectivity index (χ0v) is 18.3. The van der Waals surface area contributed by atoms with Crippen LogP contribution in [0.4, 0.5) is 0 Å². The Labute approximate surface area is 186 Å². The third kappa shape index (κ3) is 6.09. The van der Waals surface area contributed by atoms with Crippen LogP contribution in [0.15, 0.2) is 42.5 Å². The highest BCUT2D eigenvalue weighted by Crippen LogP contribution is 2.32. The summed E-state index contributed by atoms with van der Waals surface area (Å²) in [5.74, 6) is 2.27. The summed E-state index contributed by atoms with van der Waals surface area (Å²) < 4.78 is 16.0. The summed E-state index contributed by atoms with van der Waals surface area (Å²) in [6.45, 7) is 1.63. The zero-order chi connectivity index (χ0) is 22.1. The second-order valence-electron chi connectivity index (χ2n) is 6.23. The van der Waals surface area contributed by atoms with Gasteiger partial charge in [0.15, 0.2) is 11.5 Å². The minimum Gasteiger partial charge on any atom is -0.493 e. The molecule has 1 unspecified atom stereocenters. The zero-order valence-electron chi connectivity index (χ0n) is 16.6. The fraction of sp³-hybridized carbons (Fsp3) is 0.273. The van der Waals surface area contributed by atoms with E-state index in [4.69, 9.17) is 32.2 Å². The van der Waals surface area contributed by atoms with Gasteiger partial charge in [-0.25, -0.2) is 0 Å².